The van der Waals surface area contributed by atoms with E-state index in [-0.39, 0.29) is 33.2 Å². The highest BCUT2D eigenvalue weighted by molar-refractivity contribution is 7.90. The summed E-state index contributed by atoms with van der Waals surface area (Å²) in [6.45, 7) is 0.792. The molecule has 3 heterocycles. The van der Waals surface area contributed by atoms with Crippen molar-refractivity contribution in [1.82, 2.24) is 9.97 Å². The summed E-state index contributed by atoms with van der Waals surface area (Å²) in [5.41, 5.74) is 0.375. The number of nitrogens with zero attached hydrogens (tertiary/aromatic N) is 5. The number of aromatic nitrogens is 2. The van der Waals surface area contributed by atoms with Gasteiger partial charge in [0.25, 0.3) is 5.91 Å². The molecule has 0 atom stereocenters. The van der Waals surface area contributed by atoms with Crippen LogP contribution in [0.5, 0.6) is 0 Å². The van der Waals surface area contributed by atoms with Crippen LogP contribution < -0.4 is 9.80 Å². The van der Waals surface area contributed by atoms with Gasteiger partial charge in [0.1, 0.15) is 11.4 Å². The van der Waals surface area contributed by atoms with Gasteiger partial charge in [-0.2, -0.15) is 4.98 Å². The third-order valence-corrected chi connectivity index (χ3v) is 5.10. The summed E-state index contributed by atoms with van der Waals surface area (Å²) in [7, 11) is -3.64. The van der Waals surface area contributed by atoms with Crippen molar-refractivity contribution in [3.8, 4) is 0 Å². The lowest BCUT2D eigenvalue weighted by atomic mass is 10.1. The van der Waals surface area contributed by atoms with E-state index >= 15 is 0 Å². The Kier molecular flexibility index (Phi) is 3.70. The van der Waals surface area contributed by atoms with Crippen LogP contribution in [0.4, 0.5) is 15.9 Å². The Bertz CT molecular complexity index is 1090. The zero-order valence-corrected chi connectivity index (χ0v) is 14.9. The average Bonchev–Trinajstić information content (AvgIpc) is 3.05. The number of anilines is 2. The molecule has 0 saturated carbocycles. The number of fused-ring (bicyclic) bond motifs is 3. The molecule has 8 nitrogen and oxygen atoms in total. The third kappa shape index (κ3) is 2.53. The van der Waals surface area contributed by atoms with E-state index < -0.39 is 21.6 Å². The third-order valence-electron chi connectivity index (χ3n) is 3.94. The van der Waals surface area contributed by atoms with Crippen LogP contribution in [0.1, 0.15) is 10.4 Å². The standard InChI is InChI=1S/C15H11ClFN5O3S/c1-26(24,25)14-19-7-9-12(20-14)21-5-4-18-15(21)22(13(9)23)11-3-2-8(17)6-10(11)16/h2-3,6-7H,4-5H2,1H3. The van der Waals surface area contributed by atoms with Crippen molar-refractivity contribution >= 4 is 44.8 Å². The van der Waals surface area contributed by atoms with E-state index in [4.69, 9.17) is 11.6 Å². The Morgan fingerprint density at radius 2 is 2.08 bits per heavy atom. The lowest BCUT2D eigenvalue weighted by Crippen LogP contribution is -2.51. The van der Waals surface area contributed by atoms with Crippen LogP contribution >= 0.6 is 11.6 Å². The molecule has 4 rings (SSSR count). The number of halogens is 2. The minimum absolute atomic E-state index is 0.0463. The van der Waals surface area contributed by atoms with Crippen LogP contribution in [0.2, 0.25) is 5.02 Å². The molecule has 2 aliphatic heterocycles. The SMILES string of the molecule is CS(=O)(=O)c1ncc2c(n1)N1CCN=C1N(c1ccc(F)cc1Cl)C2=O. The number of sulfone groups is 1. The Morgan fingerprint density at radius 1 is 1.31 bits per heavy atom. The zero-order valence-electron chi connectivity index (χ0n) is 13.3. The molecule has 0 spiro atoms. The first-order chi connectivity index (χ1) is 12.3. The van der Waals surface area contributed by atoms with E-state index in [1.165, 1.54) is 23.2 Å². The Balaban J connectivity index is 1.90. The molecule has 0 fully saturated rings. The molecule has 0 unspecified atom stereocenters. The topological polar surface area (TPSA) is 95.8 Å². The van der Waals surface area contributed by atoms with Gasteiger partial charge < -0.3 is 0 Å². The number of hydrogen-bond acceptors (Lipinski definition) is 7. The molecule has 1 aromatic heterocycles. The molecule has 0 bridgehead atoms. The van der Waals surface area contributed by atoms with Gasteiger partial charge in [-0.1, -0.05) is 11.6 Å². The van der Waals surface area contributed by atoms with E-state index in [0.29, 0.717) is 13.1 Å². The fraction of sp³-hybridized carbons (Fsp3) is 0.200. The smallest absolute Gasteiger partial charge is 0.270 e. The molecule has 134 valence electrons. The fourth-order valence-electron chi connectivity index (χ4n) is 2.81. The molecular weight excluding hydrogens is 385 g/mol. The van der Waals surface area contributed by atoms with Gasteiger partial charge in [0.2, 0.25) is 21.0 Å². The zero-order chi connectivity index (χ0) is 18.6. The lowest BCUT2D eigenvalue weighted by Gasteiger charge is -2.34. The molecule has 2 aromatic rings. The second-order valence-electron chi connectivity index (χ2n) is 5.73. The van der Waals surface area contributed by atoms with Gasteiger partial charge in [0.05, 0.1) is 17.3 Å². The van der Waals surface area contributed by atoms with E-state index in [2.05, 4.69) is 15.0 Å². The van der Waals surface area contributed by atoms with Crippen molar-refractivity contribution in [3.63, 3.8) is 0 Å². The van der Waals surface area contributed by atoms with Crippen molar-refractivity contribution < 1.29 is 17.6 Å². The normalized spacial score (nSPS) is 16.4. The predicted molar refractivity (Wildman–Crippen MR) is 93.0 cm³/mol. The summed E-state index contributed by atoms with van der Waals surface area (Å²) in [5, 5.41) is -0.325. The van der Waals surface area contributed by atoms with Crippen LogP contribution in [0.25, 0.3) is 0 Å². The first-order valence-electron chi connectivity index (χ1n) is 7.46. The highest BCUT2D eigenvalue weighted by Gasteiger charge is 2.40. The maximum atomic E-state index is 13.4. The van der Waals surface area contributed by atoms with E-state index in [1.54, 1.807) is 4.90 Å². The van der Waals surface area contributed by atoms with Crippen LogP contribution in [-0.4, -0.2) is 49.6 Å². The number of amides is 1. The van der Waals surface area contributed by atoms with Crippen molar-refractivity contribution in [2.24, 2.45) is 4.99 Å². The van der Waals surface area contributed by atoms with Crippen LogP contribution in [0, 0.1) is 5.82 Å². The van der Waals surface area contributed by atoms with Gasteiger partial charge in [0, 0.05) is 19.0 Å². The number of guanidine groups is 1. The van der Waals surface area contributed by atoms with Gasteiger partial charge in [-0.25, -0.2) is 22.7 Å². The summed E-state index contributed by atoms with van der Waals surface area (Å²) in [6, 6.07) is 3.67. The molecule has 0 aliphatic carbocycles. The van der Waals surface area contributed by atoms with Gasteiger partial charge in [0.15, 0.2) is 5.82 Å². The predicted octanol–water partition coefficient (Wildman–Crippen LogP) is 1.51. The molecule has 11 heteroatoms. The number of carbonyl (C=O) groups is 1. The van der Waals surface area contributed by atoms with E-state index in [0.717, 1.165) is 12.3 Å². The molecule has 1 aromatic carbocycles. The maximum Gasteiger partial charge on any atom is 0.270 e. The summed E-state index contributed by atoms with van der Waals surface area (Å²) in [4.78, 5) is 28.0. The van der Waals surface area contributed by atoms with Crippen molar-refractivity contribution in [1.29, 1.82) is 0 Å². The monoisotopic (exact) mass is 395 g/mol. The molecule has 0 radical (unpaired) electrons. The summed E-state index contributed by atoms with van der Waals surface area (Å²) < 4.78 is 36.8. The number of aliphatic imine (C=N–C) groups is 1. The molecule has 0 N–H and O–H groups in total. The minimum Gasteiger partial charge on any atom is -0.294 e. The van der Waals surface area contributed by atoms with Crippen LogP contribution in [0.15, 0.2) is 34.5 Å². The lowest BCUT2D eigenvalue weighted by molar-refractivity contribution is 0.0999. The highest BCUT2D eigenvalue weighted by atomic mass is 35.5. The number of benzene rings is 1. The second kappa shape index (κ2) is 5.71. The number of hydrogen-bond donors (Lipinski definition) is 0. The van der Waals surface area contributed by atoms with E-state index in [1.807, 2.05) is 0 Å². The summed E-state index contributed by atoms with van der Waals surface area (Å²) >= 11 is 6.11. The van der Waals surface area contributed by atoms with Gasteiger partial charge in [-0.05, 0) is 18.2 Å². The minimum atomic E-state index is -3.64. The van der Waals surface area contributed by atoms with Gasteiger partial charge in [-0.3, -0.25) is 14.7 Å². The summed E-state index contributed by atoms with van der Waals surface area (Å²) in [6.07, 6.45) is 2.16. The van der Waals surface area contributed by atoms with Crippen molar-refractivity contribution in [2.75, 3.05) is 29.1 Å². The Morgan fingerprint density at radius 3 is 2.77 bits per heavy atom. The van der Waals surface area contributed by atoms with Crippen molar-refractivity contribution in [2.45, 2.75) is 5.16 Å². The van der Waals surface area contributed by atoms with Crippen molar-refractivity contribution in [3.05, 3.63) is 40.8 Å². The molecule has 1 amide bonds. The van der Waals surface area contributed by atoms with Gasteiger partial charge >= 0.3 is 0 Å². The van der Waals surface area contributed by atoms with Gasteiger partial charge in [-0.15, -0.1) is 0 Å². The highest BCUT2D eigenvalue weighted by Crippen LogP contribution is 2.35. The first-order valence-corrected chi connectivity index (χ1v) is 9.73. The fourth-order valence-corrected chi connectivity index (χ4v) is 3.56. The van der Waals surface area contributed by atoms with Crippen LogP contribution in [0.3, 0.4) is 0 Å². The maximum absolute atomic E-state index is 13.4. The first kappa shape index (κ1) is 16.9. The molecule has 26 heavy (non-hydrogen) atoms. The number of rotatable bonds is 2. The second-order valence-corrected chi connectivity index (χ2v) is 8.05. The average molecular weight is 396 g/mol. The Labute approximate surface area is 152 Å². The molecule has 2 aliphatic rings. The summed E-state index contributed by atoms with van der Waals surface area (Å²) in [5.74, 6) is -0.620. The number of carbonyl (C=O) groups excluding carboxylic acids is 1. The molecular formula is C15H11ClFN5O3S. The molecule has 0 saturated heterocycles. The quantitative estimate of drug-likeness (QED) is 0.715. The largest absolute Gasteiger partial charge is 0.294 e. The van der Waals surface area contributed by atoms with Crippen LogP contribution in [-0.2, 0) is 9.84 Å². The Hall–Kier alpha value is -2.59. The van der Waals surface area contributed by atoms with E-state index in [9.17, 15) is 17.6 Å².